The van der Waals surface area contributed by atoms with Crippen LogP contribution >= 0.6 is 23.1 Å². The average molecular weight is 352 g/mol. The minimum atomic E-state index is -0.377. The summed E-state index contributed by atoms with van der Waals surface area (Å²) in [4.78, 5) is 18.5. The van der Waals surface area contributed by atoms with Crippen molar-refractivity contribution in [3.8, 4) is 0 Å². The minimum Gasteiger partial charge on any atom is -0.397 e. The molecule has 0 aliphatic rings. The normalized spacial score (nSPS) is 10.8. The Morgan fingerprint density at radius 3 is 2.46 bits per heavy atom. The van der Waals surface area contributed by atoms with Crippen LogP contribution < -0.4 is 10.9 Å². The summed E-state index contributed by atoms with van der Waals surface area (Å²) in [7, 11) is 0. The Kier molecular flexibility index (Phi) is 4.06. The van der Waals surface area contributed by atoms with E-state index in [4.69, 9.17) is 4.42 Å². The maximum atomic E-state index is 12.4. The van der Waals surface area contributed by atoms with Crippen molar-refractivity contribution in [2.75, 3.05) is 5.32 Å². The highest BCUT2D eigenvalue weighted by molar-refractivity contribution is 7.99. The first-order chi connectivity index (χ1) is 11.8. The summed E-state index contributed by atoms with van der Waals surface area (Å²) in [6, 6.07) is 19.4. The number of para-hydroxylation sites is 1. The van der Waals surface area contributed by atoms with E-state index in [1.165, 1.54) is 23.1 Å². The third-order valence-corrected chi connectivity index (χ3v) is 5.08. The van der Waals surface area contributed by atoms with Crippen molar-refractivity contribution in [3.63, 3.8) is 0 Å². The van der Waals surface area contributed by atoms with Crippen LogP contribution in [0, 0.1) is 0 Å². The number of benzene rings is 2. The van der Waals surface area contributed by atoms with E-state index in [0.29, 0.717) is 15.4 Å². The number of rotatable bonds is 4. The highest BCUT2D eigenvalue weighted by atomic mass is 32.2. The fourth-order valence-electron chi connectivity index (χ4n) is 2.27. The molecule has 0 spiro atoms. The van der Waals surface area contributed by atoms with Gasteiger partial charge in [0, 0.05) is 16.0 Å². The van der Waals surface area contributed by atoms with Gasteiger partial charge < -0.3 is 9.73 Å². The quantitative estimate of drug-likeness (QED) is 0.551. The molecule has 2 aromatic heterocycles. The summed E-state index contributed by atoms with van der Waals surface area (Å²) >= 11 is 2.76. The molecule has 2 heterocycles. The number of aromatic nitrogens is 1. The highest BCUT2D eigenvalue weighted by Crippen LogP contribution is 2.32. The SMILES string of the molecule is O=c1oc(Sc2ccccc2)nc2scc(Nc3ccccc3)c12. The lowest BCUT2D eigenvalue weighted by Gasteiger charge is -2.04. The van der Waals surface area contributed by atoms with Gasteiger partial charge in [-0.15, -0.1) is 11.3 Å². The van der Waals surface area contributed by atoms with Crippen LogP contribution in [0.1, 0.15) is 0 Å². The van der Waals surface area contributed by atoms with Gasteiger partial charge in [0.1, 0.15) is 10.2 Å². The van der Waals surface area contributed by atoms with E-state index >= 15 is 0 Å². The summed E-state index contributed by atoms with van der Waals surface area (Å²) in [6.45, 7) is 0. The predicted octanol–water partition coefficient (Wildman–Crippen LogP) is 5.14. The van der Waals surface area contributed by atoms with Crippen molar-refractivity contribution in [3.05, 3.63) is 76.5 Å². The van der Waals surface area contributed by atoms with Crippen LogP contribution in [0.25, 0.3) is 10.2 Å². The van der Waals surface area contributed by atoms with Crippen molar-refractivity contribution in [2.45, 2.75) is 10.1 Å². The van der Waals surface area contributed by atoms with Gasteiger partial charge in [0.05, 0.1) is 5.69 Å². The fourth-order valence-corrected chi connectivity index (χ4v) is 3.93. The molecule has 0 saturated heterocycles. The van der Waals surface area contributed by atoms with Crippen molar-refractivity contribution in [1.82, 2.24) is 4.98 Å². The van der Waals surface area contributed by atoms with Gasteiger partial charge >= 0.3 is 5.63 Å². The average Bonchev–Trinajstić information content (AvgIpc) is 3.00. The minimum absolute atomic E-state index is 0.354. The highest BCUT2D eigenvalue weighted by Gasteiger charge is 2.14. The van der Waals surface area contributed by atoms with Crippen LogP contribution in [0.4, 0.5) is 11.4 Å². The molecule has 24 heavy (non-hydrogen) atoms. The van der Waals surface area contributed by atoms with Crippen molar-refractivity contribution >= 4 is 44.7 Å². The number of nitrogens with one attached hydrogen (secondary N) is 1. The van der Waals surface area contributed by atoms with E-state index in [1.54, 1.807) is 0 Å². The molecule has 4 nitrogen and oxygen atoms in total. The maximum Gasteiger partial charge on any atom is 0.350 e. The Morgan fingerprint density at radius 1 is 1.00 bits per heavy atom. The van der Waals surface area contributed by atoms with Gasteiger partial charge in [0.15, 0.2) is 0 Å². The largest absolute Gasteiger partial charge is 0.397 e. The zero-order chi connectivity index (χ0) is 16.4. The smallest absolute Gasteiger partial charge is 0.350 e. The van der Waals surface area contributed by atoms with Crippen LogP contribution in [0.2, 0.25) is 0 Å². The van der Waals surface area contributed by atoms with Crippen LogP contribution in [0.3, 0.4) is 0 Å². The molecule has 0 radical (unpaired) electrons. The van der Waals surface area contributed by atoms with Gasteiger partial charge in [0.2, 0.25) is 0 Å². The van der Waals surface area contributed by atoms with E-state index in [1.807, 2.05) is 66.0 Å². The summed E-state index contributed by atoms with van der Waals surface area (Å²) in [6.07, 6.45) is 0. The number of anilines is 2. The van der Waals surface area contributed by atoms with Crippen molar-refractivity contribution < 1.29 is 4.42 Å². The molecule has 0 atom stereocenters. The fraction of sp³-hybridized carbons (Fsp3) is 0. The van der Waals surface area contributed by atoms with Crippen LogP contribution in [-0.4, -0.2) is 4.98 Å². The van der Waals surface area contributed by atoms with Gasteiger partial charge in [-0.05, 0) is 36.0 Å². The molecular formula is C18H12N2O2S2. The van der Waals surface area contributed by atoms with Crippen molar-refractivity contribution in [2.24, 2.45) is 0 Å². The van der Waals surface area contributed by atoms with Crippen LogP contribution in [0.5, 0.6) is 0 Å². The zero-order valence-corrected chi connectivity index (χ0v) is 14.1. The first-order valence-corrected chi connectivity index (χ1v) is 8.96. The zero-order valence-electron chi connectivity index (χ0n) is 12.4. The Bertz CT molecular complexity index is 1030. The number of thiophene rings is 1. The molecular weight excluding hydrogens is 340 g/mol. The summed E-state index contributed by atoms with van der Waals surface area (Å²) in [5.41, 5.74) is 1.26. The number of fused-ring (bicyclic) bond motifs is 1. The summed E-state index contributed by atoms with van der Waals surface area (Å²) in [5, 5.41) is 5.97. The molecule has 0 saturated carbocycles. The number of hydrogen-bond donors (Lipinski definition) is 1. The third kappa shape index (κ3) is 3.06. The Balaban J connectivity index is 1.69. The summed E-state index contributed by atoms with van der Waals surface area (Å²) in [5.74, 6) is 0. The monoisotopic (exact) mass is 352 g/mol. The molecule has 4 rings (SSSR count). The van der Waals surface area contributed by atoms with Gasteiger partial charge in [0.25, 0.3) is 5.22 Å². The molecule has 0 aliphatic heterocycles. The molecule has 6 heteroatoms. The first-order valence-electron chi connectivity index (χ1n) is 7.27. The molecule has 0 fully saturated rings. The molecule has 118 valence electrons. The lowest BCUT2D eigenvalue weighted by atomic mass is 10.3. The molecule has 0 aliphatic carbocycles. The molecule has 0 bridgehead atoms. The molecule has 1 N–H and O–H groups in total. The lowest BCUT2D eigenvalue weighted by molar-refractivity contribution is 0.402. The predicted molar refractivity (Wildman–Crippen MR) is 98.4 cm³/mol. The Morgan fingerprint density at radius 2 is 1.71 bits per heavy atom. The van der Waals surface area contributed by atoms with Crippen LogP contribution in [-0.2, 0) is 0 Å². The van der Waals surface area contributed by atoms with E-state index < -0.39 is 0 Å². The van der Waals surface area contributed by atoms with Crippen LogP contribution in [0.15, 0.2) is 85.4 Å². The van der Waals surface area contributed by atoms with Gasteiger partial charge in [-0.3, -0.25) is 0 Å². The maximum absolute atomic E-state index is 12.4. The third-order valence-electron chi connectivity index (χ3n) is 3.35. The van der Waals surface area contributed by atoms with E-state index in [2.05, 4.69) is 10.3 Å². The molecule has 0 amide bonds. The van der Waals surface area contributed by atoms with Gasteiger partial charge in [-0.1, -0.05) is 36.4 Å². The van der Waals surface area contributed by atoms with E-state index in [0.717, 1.165) is 16.3 Å². The second-order valence-corrected chi connectivity index (χ2v) is 6.89. The molecule has 0 unspecified atom stereocenters. The first kappa shape index (κ1) is 15.0. The summed E-state index contributed by atoms with van der Waals surface area (Å²) < 4.78 is 5.39. The van der Waals surface area contributed by atoms with Gasteiger partial charge in [-0.25, -0.2) is 4.79 Å². The Hall–Kier alpha value is -2.57. The standard InChI is InChI=1S/C18H12N2O2S2/c21-17-15-14(19-12-7-3-1-4-8-12)11-23-16(15)20-18(22-17)24-13-9-5-2-6-10-13/h1-11,19H. The second kappa shape index (κ2) is 6.51. The molecule has 2 aromatic carbocycles. The second-order valence-electron chi connectivity index (χ2n) is 5.00. The Labute approximate surface area is 146 Å². The van der Waals surface area contributed by atoms with Crippen molar-refractivity contribution in [1.29, 1.82) is 0 Å². The van der Waals surface area contributed by atoms with E-state index in [-0.39, 0.29) is 5.63 Å². The topological polar surface area (TPSA) is 55.1 Å². The number of hydrogen-bond acceptors (Lipinski definition) is 6. The van der Waals surface area contributed by atoms with Gasteiger partial charge in [-0.2, -0.15) is 4.98 Å². The number of nitrogens with zero attached hydrogens (tertiary/aromatic N) is 1. The van der Waals surface area contributed by atoms with E-state index in [9.17, 15) is 4.79 Å². The lowest BCUT2D eigenvalue weighted by Crippen LogP contribution is -2.03. The molecule has 4 aromatic rings.